The SMILES string of the molecule is CC1(C)O[C@H]2[C@H](c3c(O)cc(O)c4c3O[C@@H]3c5cc(O)c(O)cc5C(C)(C)O[C@H]3C4)c3c(O)cc(O)cc3O[C@@H]2c2cc(O)c(O)cc21. The maximum atomic E-state index is 11.7. The lowest BCUT2D eigenvalue weighted by Gasteiger charge is -2.49. The van der Waals surface area contributed by atoms with E-state index in [4.69, 9.17) is 18.9 Å². The largest absolute Gasteiger partial charge is 0.508 e. The molecule has 4 aromatic carbocycles. The Hall–Kier alpha value is -5.20. The van der Waals surface area contributed by atoms with Gasteiger partial charge in [0.25, 0.3) is 0 Å². The molecule has 8 rings (SSSR count). The fourth-order valence-electron chi connectivity index (χ4n) is 7.98. The Bertz CT molecular complexity index is 2050. The van der Waals surface area contributed by atoms with E-state index in [0.717, 1.165) is 6.07 Å². The quantitative estimate of drug-likeness (QED) is 0.119. The van der Waals surface area contributed by atoms with E-state index in [1.165, 1.54) is 36.4 Å². The van der Waals surface area contributed by atoms with Gasteiger partial charge >= 0.3 is 0 Å². The molecule has 250 valence electrons. The molecule has 4 aliphatic rings. The second-order valence-electron chi connectivity index (χ2n) is 13.9. The Balaban J connectivity index is 1.37. The molecule has 4 heterocycles. The number of phenols is 8. The van der Waals surface area contributed by atoms with Crippen LogP contribution in [0.2, 0.25) is 0 Å². The van der Waals surface area contributed by atoms with Crippen molar-refractivity contribution in [1.82, 2.24) is 0 Å². The van der Waals surface area contributed by atoms with Crippen molar-refractivity contribution in [3.05, 3.63) is 81.4 Å². The maximum Gasteiger partial charge on any atom is 0.157 e. The van der Waals surface area contributed by atoms with Crippen molar-refractivity contribution in [2.45, 2.75) is 75.7 Å². The predicted molar refractivity (Wildman–Crippen MR) is 167 cm³/mol. The lowest BCUT2D eigenvalue weighted by Crippen LogP contribution is -2.47. The molecule has 0 unspecified atom stereocenters. The number of rotatable bonds is 1. The summed E-state index contributed by atoms with van der Waals surface area (Å²) in [5.74, 6) is -3.54. The Morgan fingerprint density at radius 3 is 1.77 bits per heavy atom. The molecule has 4 aliphatic heterocycles. The molecule has 12 heteroatoms. The molecule has 0 saturated heterocycles. The van der Waals surface area contributed by atoms with Gasteiger partial charge in [0.1, 0.15) is 46.7 Å². The first-order valence-electron chi connectivity index (χ1n) is 15.5. The first-order valence-corrected chi connectivity index (χ1v) is 15.5. The third kappa shape index (κ3) is 4.15. The molecule has 48 heavy (non-hydrogen) atoms. The standard InChI is InChI=1S/C36H34O12/c1-35(2)17-10-22(41)20(39)7-14(17)31-27(47-35)9-16-19(38)12-25(44)29(32(16)46-31)30-28-24(43)5-13(37)6-26(28)45-33-15-8-21(40)23(42)11-18(15)36(3,4)48-34(30)33/h5-8,10-12,27,30-31,33-34,37-44H,9H2,1-4H3/t27-,30-,31+,33+,34-/m0/s1. The molecule has 8 N–H and O–H groups in total. The normalized spacial score (nSPS) is 25.5. The van der Waals surface area contributed by atoms with Crippen molar-refractivity contribution in [2.75, 3.05) is 0 Å². The zero-order valence-electron chi connectivity index (χ0n) is 26.3. The molecule has 0 spiro atoms. The molecule has 0 aromatic heterocycles. The maximum absolute atomic E-state index is 11.7. The molecule has 0 amide bonds. The van der Waals surface area contributed by atoms with Crippen LogP contribution in [0, 0.1) is 0 Å². The molecule has 0 fully saturated rings. The summed E-state index contributed by atoms with van der Waals surface area (Å²) in [4.78, 5) is 0. The van der Waals surface area contributed by atoms with Crippen LogP contribution in [0.15, 0.2) is 42.5 Å². The number of aromatic hydroxyl groups is 8. The van der Waals surface area contributed by atoms with Gasteiger partial charge in [-0.15, -0.1) is 0 Å². The Labute approximate surface area is 274 Å². The van der Waals surface area contributed by atoms with Crippen LogP contribution >= 0.6 is 0 Å². The van der Waals surface area contributed by atoms with E-state index < -0.39 is 41.5 Å². The third-order valence-corrected chi connectivity index (χ3v) is 10.1. The second-order valence-corrected chi connectivity index (χ2v) is 13.9. The average molecular weight is 659 g/mol. The summed E-state index contributed by atoms with van der Waals surface area (Å²) in [6.07, 6.45) is -3.31. The van der Waals surface area contributed by atoms with Crippen molar-refractivity contribution < 1.29 is 59.8 Å². The lowest BCUT2D eigenvalue weighted by atomic mass is 9.73. The molecule has 5 atom stereocenters. The lowest BCUT2D eigenvalue weighted by molar-refractivity contribution is -0.150. The van der Waals surface area contributed by atoms with Crippen LogP contribution in [-0.2, 0) is 27.1 Å². The molecule has 0 saturated carbocycles. The van der Waals surface area contributed by atoms with Gasteiger partial charge in [0, 0.05) is 52.4 Å². The van der Waals surface area contributed by atoms with Crippen LogP contribution in [0.1, 0.15) is 84.8 Å². The minimum atomic E-state index is -1.08. The Kier molecular flexibility index (Phi) is 6.08. The van der Waals surface area contributed by atoms with Crippen LogP contribution in [0.4, 0.5) is 0 Å². The van der Waals surface area contributed by atoms with Gasteiger partial charge in [-0.05, 0) is 63.1 Å². The van der Waals surface area contributed by atoms with Crippen molar-refractivity contribution in [3.63, 3.8) is 0 Å². The number of phenolic OH excluding ortho intramolecular Hbond substituents is 8. The van der Waals surface area contributed by atoms with Crippen molar-refractivity contribution in [3.8, 4) is 57.5 Å². The highest BCUT2D eigenvalue weighted by atomic mass is 16.6. The van der Waals surface area contributed by atoms with Crippen LogP contribution in [-0.4, -0.2) is 53.1 Å². The number of ether oxygens (including phenoxy) is 4. The minimum absolute atomic E-state index is 0.0731. The molecule has 0 aliphatic carbocycles. The minimum Gasteiger partial charge on any atom is -0.508 e. The van der Waals surface area contributed by atoms with Crippen LogP contribution < -0.4 is 9.47 Å². The molecule has 0 bridgehead atoms. The van der Waals surface area contributed by atoms with E-state index in [9.17, 15) is 40.9 Å². The van der Waals surface area contributed by atoms with Gasteiger partial charge in [-0.2, -0.15) is 0 Å². The van der Waals surface area contributed by atoms with Crippen molar-refractivity contribution >= 4 is 0 Å². The van der Waals surface area contributed by atoms with E-state index in [2.05, 4.69) is 0 Å². The van der Waals surface area contributed by atoms with Gasteiger partial charge in [0.2, 0.25) is 0 Å². The summed E-state index contributed by atoms with van der Waals surface area (Å²) in [5, 5.41) is 86.4. The summed E-state index contributed by atoms with van der Waals surface area (Å²) in [5.41, 5.74) is 0.812. The second kappa shape index (κ2) is 9.68. The highest BCUT2D eigenvalue weighted by molar-refractivity contribution is 5.67. The van der Waals surface area contributed by atoms with Gasteiger partial charge in [-0.25, -0.2) is 0 Å². The third-order valence-electron chi connectivity index (χ3n) is 10.1. The summed E-state index contributed by atoms with van der Waals surface area (Å²) >= 11 is 0. The zero-order valence-corrected chi connectivity index (χ0v) is 26.3. The monoisotopic (exact) mass is 658 g/mol. The molecule has 0 radical (unpaired) electrons. The van der Waals surface area contributed by atoms with Gasteiger partial charge < -0.3 is 59.8 Å². The molecule has 4 aromatic rings. The predicted octanol–water partition coefficient (Wildman–Crippen LogP) is 5.54. The number of hydrogen-bond donors (Lipinski definition) is 8. The molecular weight excluding hydrogens is 624 g/mol. The van der Waals surface area contributed by atoms with E-state index in [1.807, 2.05) is 13.8 Å². The Morgan fingerprint density at radius 2 is 1.12 bits per heavy atom. The van der Waals surface area contributed by atoms with Gasteiger partial charge in [0.15, 0.2) is 35.2 Å². The van der Waals surface area contributed by atoms with Gasteiger partial charge in [-0.1, -0.05) is 0 Å². The summed E-state index contributed by atoms with van der Waals surface area (Å²) in [7, 11) is 0. The first kappa shape index (κ1) is 30.2. The summed E-state index contributed by atoms with van der Waals surface area (Å²) < 4.78 is 26.2. The summed E-state index contributed by atoms with van der Waals surface area (Å²) in [6, 6.07) is 9.27. The topological polar surface area (TPSA) is 199 Å². The van der Waals surface area contributed by atoms with Gasteiger partial charge in [-0.3, -0.25) is 0 Å². The number of benzene rings is 4. The highest BCUT2D eigenvalue weighted by Gasteiger charge is 2.54. The van der Waals surface area contributed by atoms with Gasteiger partial charge in [0.05, 0.1) is 17.1 Å². The zero-order chi connectivity index (χ0) is 34.2. The Morgan fingerprint density at radius 1 is 0.562 bits per heavy atom. The van der Waals surface area contributed by atoms with E-state index in [-0.39, 0.29) is 75.0 Å². The number of hydrogen-bond acceptors (Lipinski definition) is 12. The van der Waals surface area contributed by atoms with Crippen LogP contribution in [0.5, 0.6) is 57.5 Å². The fraction of sp³-hybridized carbons (Fsp3) is 0.333. The fourth-order valence-corrected chi connectivity index (χ4v) is 7.98. The van der Waals surface area contributed by atoms with E-state index in [1.54, 1.807) is 13.8 Å². The molecule has 12 nitrogen and oxygen atoms in total. The van der Waals surface area contributed by atoms with Crippen LogP contribution in [0.25, 0.3) is 0 Å². The highest BCUT2D eigenvalue weighted by Crippen LogP contribution is 2.61. The van der Waals surface area contributed by atoms with Crippen molar-refractivity contribution in [1.29, 1.82) is 0 Å². The van der Waals surface area contributed by atoms with E-state index >= 15 is 0 Å². The smallest absolute Gasteiger partial charge is 0.157 e. The first-order chi connectivity index (χ1) is 22.6. The van der Waals surface area contributed by atoms with Crippen molar-refractivity contribution in [2.24, 2.45) is 0 Å². The van der Waals surface area contributed by atoms with E-state index in [0.29, 0.717) is 27.8 Å². The molecular formula is C36H34O12. The van der Waals surface area contributed by atoms with Crippen LogP contribution in [0.3, 0.4) is 0 Å². The average Bonchev–Trinajstić information content (AvgIpc) is 2.98. The number of fused-ring (bicyclic) bond motifs is 8. The summed E-state index contributed by atoms with van der Waals surface area (Å²) in [6.45, 7) is 7.19.